The monoisotopic (exact) mass is 293 g/mol. The molecule has 1 aliphatic rings. The summed E-state index contributed by atoms with van der Waals surface area (Å²) in [6, 6.07) is 3.98. The Hall–Kier alpha value is -1.42. The second-order valence-electron chi connectivity index (χ2n) is 6.16. The Morgan fingerprint density at radius 3 is 2.57 bits per heavy atom. The van der Waals surface area contributed by atoms with Crippen LogP contribution in [0.1, 0.15) is 39.7 Å². The van der Waals surface area contributed by atoms with Crippen molar-refractivity contribution in [3.63, 3.8) is 0 Å². The molecule has 1 atom stereocenters. The minimum Gasteiger partial charge on any atom is -0.493 e. The fraction of sp³-hybridized carbons (Fsp3) is 0.647. The smallest absolute Gasteiger partial charge is 0.231 e. The van der Waals surface area contributed by atoms with Gasteiger partial charge in [0.05, 0.1) is 6.61 Å². The molecule has 1 unspecified atom stereocenters. The zero-order valence-corrected chi connectivity index (χ0v) is 13.6. The molecule has 0 aliphatic carbocycles. The van der Waals surface area contributed by atoms with Gasteiger partial charge in [-0.05, 0) is 24.4 Å². The van der Waals surface area contributed by atoms with Gasteiger partial charge in [0.1, 0.15) is 5.75 Å². The third-order valence-corrected chi connectivity index (χ3v) is 3.64. The molecule has 0 saturated heterocycles. The lowest BCUT2D eigenvalue weighted by Gasteiger charge is -2.16. The summed E-state index contributed by atoms with van der Waals surface area (Å²) in [6.45, 7) is 11.6. The van der Waals surface area contributed by atoms with E-state index in [-0.39, 0.29) is 0 Å². The maximum absolute atomic E-state index is 6.00. The fourth-order valence-corrected chi connectivity index (χ4v) is 2.08. The Labute approximate surface area is 127 Å². The highest BCUT2D eigenvalue weighted by Crippen LogP contribution is 2.38. The van der Waals surface area contributed by atoms with Gasteiger partial charge in [-0.3, -0.25) is 0 Å². The lowest BCUT2D eigenvalue weighted by molar-refractivity contribution is 0.173. The van der Waals surface area contributed by atoms with E-state index in [1.54, 1.807) is 0 Å². The number of nitrogens with one attached hydrogen (secondary N) is 1. The Kier molecular flexibility index (Phi) is 5.74. The van der Waals surface area contributed by atoms with E-state index in [2.05, 4.69) is 33.0 Å². The molecule has 0 fully saturated rings. The van der Waals surface area contributed by atoms with Crippen LogP contribution >= 0.6 is 0 Å². The maximum Gasteiger partial charge on any atom is 0.231 e. The molecule has 118 valence electrons. The van der Waals surface area contributed by atoms with Crippen LogP contribution < -0.4 is 19.5 Å². The molecule has 0 saturated carbocycles. The first kappa shape index (κ1) is 16.0. The van der Waals surface area contributed by atoms with Crippen molar-refractivity contribution >= 4 is 0 Å². The molecule has 0 spiro atoms. The van der Waals surface area contributed by atoms with Gasteiger partial charge in [-0.2, -0.15) is 0 Å². The van der Waals surface area contributed by atoms with Crippen LogP contribution in [-0.4, -0.2) is 19.9 Å². The Morgan fingerprint density at radius 2 is 1.90 bits per heavy atom. The van der Waals surface area contributed by atoms with Gasteiger partial charge in [0, 0.05) is 18.2 Å². The van der Waals surface area contributed by atoms with Gasteiger partial charge in [0.25, 0.3) is 0 Å². The molecule has 1 heterocycles. The van der Waals surface area contributed by atoms with Crippen LogP contribution in [0.5, 0.6) is 17.2 Å². The zero-order chi connectivity index (χ0) is 15.2. The van der Waals surface area contributed by atoms with Crippen LogP contribution in [0.25, 0.3) is 0 Å². The van der Waals surface area contributed by atoms with Gasteiger partial charge < -0.3 is 19.5 Å². The van der Waals surface area contributed by atoms with Crippen molar-refractivity contribution in [2.24, 2.45) is 11.8 Å². The van der Waals surface area contributed by atoms with Gasteiger partial charge in [-0.15, -0.1) is 0 Å². The van der Waals surface area contributed by atoms with E-state index in [0.29, 0.717) is 18.6 Å². The molecule has 1 aromatic carbocycles. The van der Waals surface area contributed by atoms with Crippen molar-refractivity contribution in [1.82, 2.24) is 5.32 Å². The molecule has 4 nitrogen and oxygen atoms in total. The van der Waals surface area contributed by atoms with E-state index in [4.69, 9.17) is 14.2 Å². The third kappa shape index (κ3) is 4.53. The summed E-state index contributed by atoms with van der Waals surface area (Å²) in [5, 5.41) is 3.46. The number of benzene rings is 1. The van der Waals surface area contributed by atoms with Crippen LogP contribution in [0.4, 0.5) is 0 Å². The van der Waals surface area contributed by atoms with Crippen LogP contribution in [0.15, 0.2) is 12.1 Å². The number of fused-ring (bicyclic) bond motifs is 1. The summed E-state index contributed by atoms with van der Waals surface area (Å²) in [6.07, 6.45) is 1.12. The molecular weight excluding hydrogens is 266 g/mol. The molecule has 1 aliphatic heterocycles. The first-order valence-corrected chi connectivity index (χ1v) is 7.86. The summed E-state index contributed by atoms with van der Waals surface area (Å²) < 4.78 is 16.9. The molecule has 2 rings (SSSR count). The predicted molar refractivity (Wildman–Crippen MR) is 84.1 cm³/mol. The number of hydrogen-bond donors (Lipinski definition) is 1. The van der Waals surface area contributed by atoms with Crippen molar-refractivity contribution in [3.05, 3.63) is 17.7 Å². The van der Waals surface area contributed by atoms with Crippen LogP contribution in [0.3, 0.4) is 0 Å². The van der Waals surface area contributed by atoms with Crippen LogP contribution in [0.2, 0.25) is 0 Å². The van der Waals surface area contributed by atoms with Crippen LogP contribution in [0, 0.1) is 11.8 Å². The van der Waals surface area contributed by atoms with Crippen molar-refractivity contribution in [2.45, 2.75) is 40.7 Å². The lowest BCUT2D eigenvalue weighted by Crippen LogP contribution is -2.19. The highest BCUT2D eigenvalue weighted by molar-refractivity contribution is 5.51. The van der Waals surface area contributed by atoms with Crippen molar-refractivity contribution in [1.29, 1.82) is 0 Å². The standard InChI is InChI=1S/C17H27NO3/c1-5-13(4)10-19-15-7-17-16(20-11-21-17)6-14(15)9-18-8-12(2)3/h6-7,12-13,18H,5,8-11H2,1-4H3. The normalized spacial score (nSPS) is 14.5. The molecule has 0 radical (unpaired) electrons. The second kappa shape index (κ2) is 7.55. The first-order chi connectivity index (χ1) is 10.1. The van der Waals surface area contributed by atoms with E-state index < -0.39 is 0 Å². The Balaban J connectivity index is 2.07. The van der Waals surface area contributed by atoms with Gasteiger partial charge >= 0.3 is 0 Å². The molecular formula is C17H27NO3. The van der Waals surface area contributed by atoms with Gasteiger partial charge in [0.2, 0.25) is 6.79 Å². The maximum atomic E-state index is 6.00. The minimum absolute atomic E-state index is 0.295. The summed E-state index contributed by atoms with van der Waals surface area (Å²) in [7, 11) is 0. The van der Waals surface area contributed by atoms with Crippen LogP contribution in [-0.2, 0) is 6.54 Å². The lowest BCUT2D eigenvalue weighted by atomic mass is 10.1. The highest BCUT2D eigenvalue weighted by atomic mass is 16.7. The van der Waals surface area contributed by atoms with E-state index in [0.717, 1.165) is 48.9 Å². The van der Waals surface area contributed by atoms with E-state index in [9.17, 15) is 0 Å². The molecule has 1 N–H and O–H groups in total. The van der Waals surface area contributed by atoms with Crippen molar-refractivity contribution in [3.8, 4) is 17.2 Å². The Morgan fingerprint density at radius 1 is 1.19 bits per heavy atom. The van der Waals surface area contributed by atoms with E-state index in [1.165, 1.54) is 0 Å². The van der Waals surface area contributed by atoms with Gasteiger partial charge in [0.15, 0.2) is 11.5 Å². The van der Waals surface area contributed by atoms with Gasteiger partial charge in [-0.1, -0.05) is 34.1 Å². The summed E-state index contributed by atoms with van der Waals surface area (Å²) in [4.78, 5) is 0. The van der Waals surface area contributed by atoms with Crippen molar-refractivity contribution < 1.29 is 14.2 Å². The van der Waals surface area contributed by atoms with Gasteiger partial charge in [-0.25, -0.2) is 0 Å². The average molecular weight is 293 g/mol. The molecule has 1 aromatic rings. The van der Waals surface area contributed by atoms with E-state index in [1.807, 2.05) is 12.1 Å². The summed E-state index contributed by atoms with van der Waals surface area (Å²) >= 11 is 0. The number of rotatable bonds is 8. The number of ether oxygens (including phenoxy) is 3. The minimum atomic E-state index is 0.295. The molecule has 0 aromatic heterocycles. The quantitative estimate of drug-likeness (QED) is 0.795. The largest absolute Gasteiger partial charge is 0.493 e. The zero-order valence-electron chi connectivity index (χ0n) is 13.6. The summed E-state index contributed by atoms with van der Waals surface area (Å²) in [5.74, 6) is 3.67. The SMILES string of the molecule is CCC(C)COc1cc2c(cc1CNCC(C)C)OCO2. The highest BCUT2D eigenvalue weighted by Gasteiger charge is 2.18. The molecule has 4 heteroatoms. The Bertz CT molecular complexity index is 460. The topological polar surface area (TPSA) is 39.7 Å². The van der Waals surface area contributed by atoms with E-state index >= 15 is 0 Å². The summed E-state index contributed by atoms with van der Waals surface area (Å²) in [5.41, 5.74) is 1.13. The molecule has 0 amide bonds. The number of hydrogen-bond acceptors (Lipinski definition) is 4. The van der Waals surface area contributed by atoms with Crippen molar-refractivity contribution in [2.75, 3.05) is 19.9 Å². The molecule has 0 bridgehead atoms. The average Bonchev–Trinajstić information content (AvgIpc) is 2.91. The fourth-order valence-electron chi connectivity index (χ4n) is 2.08. The molecule has 21 heavy (non-hydrogen) atoms. The third-order valence-electron chi connectivity index (χ3n) is 3.64. The first-order valence-electron chi connectivity index (χ1n) is 7.86. The second-order valence-corrected chi connectivity index (χ2v) is 6.16. The predicted octanol–water partition coefficient (Wildman–Crippen LogP) is 3.59.